The molecule has 1 aromatic carbocycles. The Bertz CT molecular complexity index is 424. The van der Waals surface area contributed by atoms with Crippen LogP contribution < -0.4 is 5.32 Å². The van der Waals surface area contributed by atoms with E-state index in [9.17, 15) is 18.3 Å². The number of halogens is 4. The van der Waals surface area contributed by atoms with Crippen LogP contribution in [0.1, 0.15) is 5.56 Å². The zero-order valence-corrected chi connectivity index (χ0v) is 12.2. The van der Waals surface area contributed by atoms with Gasteiger partial charge in [0.2, 0.25) is 0 Å². The minimum absolute atomic E-state index is 0.186. The van der Waals surface area contributed by atoms with Crippen LogP contribution in [0.4, 0.5) is 18.9 Å². The third kappa shape index (κ3) is 5.80. The molecule has 0 amide bonds. The van der Waals surface area contributed by atoms with Gasteiger partial charge in [-0.3, -0.25) is 0 Å². The Morgan fingerprint density at radius 2 is 1.95 bits per heavy atom. The van der Waals surface area contributed by atoms with Gasteiger partial charge >= 0.3 is 6.18 Å². The summed E-state index contributed by atoms with van der Waals surface area (Å²) < 4.78 is 38.2. The fraction of sp³-hybridized carbons (Fsp3) is 0.500. The van der Waals surface area contributed by atoms with Crippen molar-refractivity contribution >= 4 is 21.6 Å². The summed E-state index contributed by atoms with van der Waals surface area (Å²) in [5, 5.41) is 12.4. The van der Waals surface area contributed by atoms with E-state index < -0.39 is 17.8 Å². The molecule has 3 nitrogen and oxygen atoms in total. The van der Waals surface area contributed by atoms with Crippen LogP contribution in [-0.4, -0.2) is 43.3 Å². The van der Waals surface area contributed by atoms with Crippen LogP contribution in [-0.2, 0) is 6.18 Å². The first kappa shape index (κ1) is 16.3. The van der Waals surface area contributed by atoms with E-state index >= 15 is 0 Å². The Balaban J connectivity index is 2.71. The second kappa shape index (κ2) is 6.58. The summed E-state index contributed by atoms with van der Waals surface area (Å²) in [6, 6.07) is 3.58. The highest BCUT2D eigenvalue weighted by Gasteiger charge is 2.31. The lowest BCUT2D eigenvalue weighted by Gasteiger charge is -2.18. The van der Waals surface area contributed by atoms with Gasteiger partial charge in [-0.05, 0) is 32.3 Å². The maximum Gasteiger partial charge on any atom is 0.416 e. The highest BCUT2D eigenvalue weighted by atomic mass is 79.9. The summed E-state index contributed by atoms with van der Waals surface area (Å²) in [5.74, 6) is 0. The van der Waals surface area contributed by atoms with Gasteiger partial charge in [0.15, 0.2) is 0 Å². The number of nitrogens with one attached hydrogen (secondary N) is 1. The smallest absolute Gasteiger partial charge is 0.390 e. The molecule has 0 aliphatic rings. The van der Waals surface area contributed by atoms with Crippen LogP contribution in [0.25, 0.3) is 0 Å². The van der Waals surface area contributed by atoms with E-state index in [4.69, 9.17) is 0 Å². The van der Waals surface area contributed by atoms with Gasteiger partial charge in [-0.25, -0.2) is 0 Å². The fourth-order valence-corrected chi connectivity index (χ4v) is 2.07. The van der Waals surface area contributed by atoms with Gasteiger partial charge < -0.3 is 15.3 Å². The molecule has 0 aliphatic carbocycles. The second-order valence-electron chi connectivity index (χ2n) is 4.52. The molecule has 0 spiro atoms. The van der Waals surface area contributed by atoms with E-state index in [0.717, 1.165) is 12.1 Å². The largest absolute Gasteiger partial charge is 0.416 e. The third-order valence-corrected chi connectivity index (χ3v) is 2.80. The molecule has 19 heavy (non-hydrogen) atoms. The van der Waals surface area contributed by atoms with Gasteiger partial charge in [-0.2, -0.15) is 13.2 Å². The molecule has 0 radical (unpaired) electrons. The summed E-state index contributed by atoms with van der Waals surface area (Å²) in [4.78, 5) is 1.80. The molecular formula is C12H16BrF3N2O. The number of aliphatic hydroxyl groups excluding tert-OH is 1. The van der Waals surface area contributed by atoms with Crippen molar-refractivity contribution in [1.29, 1.82) is 0 Å². The molecule has 0 saturated carbocycles. The van der Waals surface area contributed by atoms with Gasteiger partial charge in [0.1, 0.15) is 0 Å². The maximum absolute atomic E-state index is 12.6. The molecule has 2 N–H and O–H groups in total. The van der Waals surface area contributed by atoms with Crippen LogP contribution in [0.5, 0.6) is 0 Å². The van der Waals surface area contributed by atoms with Crippen LogP contribution in [0.15, 0.2) is 22.7 Å². The summed E-state index contributed by atoms with van der Waals surface area (Å²) in [7, 11) is 3.62. The van der Waals surface area contributed by atoms with Gasteiger partial charge in [-0.15, -0.1) is 0 Å². The van der Waals surface area contributed by atoms with Crippen molar-refractivity contribution in [3.8, 4) is 0 Å². The van der Waals surface area contributed by atoms with Crippen molar-refractivity contribution in [1.82, 2.24) is 4.90 Å². The first-order chi connectivity index (χ1) is 8.68. The highest BCUT2D eigenvalue weighted by molar-refractivity contribution is 9.10. The van der Waals surface area contributed by atoms with Crippen LogP contribution in [0, 0.1) is 0 Å². The quantitative estimate of drug-likeness (QED) is 0.865. The number of nitrogens with zero attached hydrogens (tertiary/aromatic N) is 1. The number of alkyl halides is 3. The molecular weight excluding hydrogens is 325 g/mol. The standard InChI is InChI=1S/C12H16BrF3N2O/c1-18(2)7-11(19)6-17-10-4-8(12(14,15)16)3-9(13)5-10/h3-5,11,17,19H,6-7H2,1-2H3. The second-order valence-corrected chi connectivity index (χ2v) is 5.44. The summed E-state index contributed by atoms with van der Waals surface area (Å²) in [6.07, 6.45) is -5.04. The lowest BCUT2D eigenvalue weighted by molar-refractivity contribution is -0.137. The number of hydrogen-bond donors (Lipinski definition) is 2. The van der Waals surface area contributed by atoms with Crippen LogP contribution in [0.3, 0.4) is 0 Å². The first-order valence-electron chi connectivity index (χ1n) is 5.63. The molecule has 1 atom stereocenters. The molecule has 1 rings (SSSR count). The van der Waals surface area contributed by atoms with Gasteiger partial charge in [0.05, 0.1) is 11.7 Å². The lowest BCUT2D eigenvalue weighted by Crippen LogP contribution is -2.31. The predicted molar refractivity (Wildman–Crippen MR) is 72.2 cm³/mol. The van der Waals surface area contributed by atoms with Crippen molar-refractivity contribution in [2.45, 2.75) is 12.3 Å². The molecule has 1 aromatic rings. The fourth-order valence-electron chi connectivity index (χ4n) is 1.58. The molecule has 1 unspecified atom stereocenters. The first-order valence-corrected chi connectivity index (χ1v) is 6.42. The molecule has 0 aliphatic heterocycles. The predicted octanol–water partition coefficient (Wildman–Crippen LogP) is 2.80. The zero-order chi connectivity index (χ0) is 14.6. The number of hydrogen-bond acceptors (Lipinski definition) is 3. The van der Waals surface area contributed by atoms with E-state index in [2.05, 4.69) is 21.2 Å². The zero-order valence-electron chi connectivity index (χ0n) is 10.6. The van der Waals surface area contributed by atoms with Crippen molar-refractivity contribution in [2.24, 2.45) is 0 Å². The van der Waals surface area contributed by atoms with E-state index in [-0.39, 0.29) is 6.54 Å². The number of anilines is 1. The molecule has 0 bridgehead atoms. The molecule has 0 aromatic heterocycles. The number of rotatable bonds is 5. The molecule has 0 heterocycles. The van der Waals surface area contributed by atoms with E-state index in [1.165, 1.54) is 6.07 Å². The lowest BCUT2D eigenvalue weighted by atomic mass is 10.2. The average molecular weight is 341 g/mol. The molecule has 108 valence electrons. The van der Waals surface area contributed by atoms with Crippen molar-refractivity contribution in [3.63, 3.8) is 0 Å². The Morgan fingerprint density at radius 1 is 1.32 bits per heavy atom. The number of likely N-dealkylation sites (N-methyl/N-ethyl adjacent to an activating group) is 1. The topological polar surface area (TPSA) is 35.5 Å². The maximum atomic E-state index is 12.6. The molecule has 0 fully saturated rings. The minimum atomic E-state index is -4.39. The average Bonchev–Trinajstić information content (AvgIpc) is 2.23. The van der Waals surface area contributed by atoms with Crippen molar-refractivity contribution < 1.29 is 18.3 Å². The van der Waals surface area contributed by atoms with E-state index in [1.54, 1.807) is 4.90 Å². The van der Waals surface area contributed by atoms with Gasteiger partial charge in [0, 0.05) is 23.2 Å². The Hall–Kier alpha value is -0.790. The van der Waals surface area contributed by atoms with Crippen molar-refractivity contribution in [3.05, 3.63) is 28.2 Å². The monoisotopic (exact) mass is 340 g/mol. The SMILES string of the molecule is CN(C)CC(O)CNc1cc(Br)cc(C(F)(F)F)c1. The Morgan fingerprint density at radius 3 is 2.47 bits per heavy atom. The molecule has 7 heteroatoms. The summed E-state index contributed by atoms with van der Waals surface area (Å²) in [5.41, 5.74) is -0.411. The van der Waals surface area contributed by atoms with Crippen LogP contribution in [0.2, 0.25) is 0 Å². The molecule has 0 saturated heterocycles. The number of benzene rings is 1. The van der Waals surface area contributed by atoms with E-state index in [0.29, 0.717) is 16.7 Å². The summed E-state index contributed by atoms with van der Waals surface area (Å²) >= 11 is 3.04. The van der Waals surface area contributed by atoms with Crippen molar-refractivity contribution in [2.75, 3.05) is 32.5 Å². The van der Waals surface area contributed by atoms with Gasteiger partial charge in [0.25, 0.3) is 0 Å². The Labute approximate surface area is 118 Å². The Kier molecular flexibility index (Phi) is 5.64. The number of aliphatic hydroxyl groups is 1. The van der Waals surface area contributed by atoms with Crippen LogP contribution >= 0.6 is 15.9 Å². The van der Waals surface area contributed by atoms with Gasteiger partial charge in [-0.1, -0.05) is 15.9 Å². The third-order valence-electron chi connectivity index (χ3n) is 2.34. The summed E-state index contributed by atoms with van der Waals surface area (Å²) in [6.45, 7) is 0.624. The highest BCUT2D eigenvalue weighted by Crippen LogP contribution is 2.33. The minimum Gasteiger partial charge on any atom is -0.390 e. The normalized spacial score (nSPS) is 13.7. The van der Waals surface area contributed by atoms with E-state index in [1.807, 2.05) is 14.1 Å².